The van der Waals surface area contributed by atoms with Crippen molar-refractivity contribution in [2.45, 2.75) is 18.7 Å². The lowest BCUT2D eigenvalue weighted by Gasteiger charge is -2.38. The molecule has 2 aliphatic heterocycles. The maximum absolute atomic E-state index is 6.46. The molecule has 0 amide bonds. The van der Waals surface area contributed by atoms with Crippen LogP contribution in [-0.4, -0.2) is 10.7 Å². The average molecular weight is 430 g/mol. The molecule has 2 atom stereocenters. The van der Waals surface area contributed by atoms with E-state index in [1.165, 1.54) is 0 Å². The third-order valence-corrected chi connectivity index (χ3v) is 5.57. The van der Waals surface area contributed by atoms with E-state index in [0.29, 0.717) is 5.02 Å². The molecule has 2 aromatic carbocycles. The minimum atomic E-state index is -0.380. The van der Waals surface area contributed by atoms with Crippen molar-refractivity contribution in [1.29, 1.82) is 0 Å². The van der Waals surface area contributed by atoms with Gasteiger partial charge < -0.3 is 9.15 Å². The summed E-state index contributed by atoms with van der Waals surface area (Å²) in [4.78, 5) is 0. The summed E-state index contributed by atoms with van der Waals surface area (Å²) in [6.07, 6.45) is 2.04. The predicted octanol–water partition coefficient (Wildman–Crippen LogP) is 5.94. The van der Waals surface area contributed by atoms with E-state index in [1.54, 1.807) is 6.26 Å². The molecule has 0 spiro atoms. The fourth-order valence-electron chi connectivity index (χ4n) is 3.53. The van der Waals surface area contributed by atoms with Crippen LogP contribution < -0.4 is 4.74 Å². The number of furan rings is 1. The molecule has 0 unspecified atom stereocenters. The van der Waals surface area contributed by atoms with Crippen molar-refractivity contribution in [3.05, 3.63) is 87.2 Å². The van der Waals surface area contributed by atoms with E-state index in [2.05, 4.69) is 22.0 Å². The summed E-state index contributed by atoms with van der Waals surface area (Å²) >= 11 is 10.0. The highest BCUT2D eigenvalue weighted by atomic mass is 79.9. The second-order valence-electron chi connectivity index (χ2n) is 6.30. The van der Waals surface area contributed by atoms with Gasteiger partial charge in [0.1, 0.15) is 17.2 Å². The lowest BCUT2D eigenvalue weighted by molar-refractivity contribution is -0.0190. The van der Waals surface area contributed by atoms with Crippen LogP contribution in [0.15, 0.2) is 74.9 Å². The Morgan fingerprint density at radius 2 is 1.96 bits per heavy atom. The second-order valence-corrected chi connectivity index (χ2v) is 7.62. The smallest absolute Gasteiger partial charge is 0.215 e. The first-order chi connectivity index (χ1) is 12.7. The first kappa shape index (κ1) is 16.0. The Kier molecular flexibility index (Phi) is 3.80. The Labute approximate surface area is 164 Å². The highest BCUT2D eigenvalue weighted by Crippen LogP contribution is 2.49. The van der Waals surface area contributed by atoms with E-state index in [1.807, 2.05) is 53.5 Å². The number of hydrogen-bond acceptors (Lipinski definition) is 4. The van der Waals surface area contributed by atoms with Gasteiger partial charge in [-0.1, -0.05) is 45.7 Å². The topological polar surface area (TPSA) is 38.0 Å². The number of hydrazone groups is 1. The third kappa shape index (κ3) is 2.54. The minimum absolute atomic E-state index is 0.0672. The van der Waals surface area contributed by atoms with Crippen LogP contribution in [0.4, 0.5) is 0 Å². The van der Waals surface area contributed by atoms with E-state index in [0.717, 1.165) is 39.2 Å². The maximum Gasteiger partial charge on any atom is 0.215 e. The molecule has 0 saturated carbocycles. The molecule has 0 fully saturated rings. The van der Waals surface area contributed by atoms with E-state index in [9.17, 15) is 0 Å². The average Bonchev–Trinajstić information content (AvgIpc) is 3.31. The molecule has 0 aliphatic carbocycles. The highest BCUT2D eigenvalue weighted by Gasteiger charge is 2.42. The SMILES string of the molecule is Clc1ccccc1[C@@H]1Oc2ccc(Br)cc2[C@H]2CC(c3ccco3)=NN21. The standard InChI is InChI=1S/C20H14BrClN2O2/c21-12-7-8-18-14(10-12)17-11-16(19-6-3-9-25-19)23-24(17)20(26-18)13-4-1-2-5-15(13)22/h1-10,17,20H,11H2/t17-,20+/m1/s1. The Bertz CT molecular complexity index is 1000. The Morgan fingerprint density at radius 3 is 2.77 bits per heavy atom. The molecule has 2 aliphatic rings. The fourth-order valence-corrected chi connectivity index (χ4v) is 4.14. The van der Waals surface area contributed by atoms with Gasteiger partial charge in [-0.3, -0.25) is 0 Å². The van der Waals surface area contributed by atoms with Gasteiger partial charge >= 0.3 is 0 Å². The Morgan fingerprint density at radius 1 is 1.08 bits per heavy atom. The highest BCUT2D eigenvalue weighted by molar-refractivity contribution is 9.10. The number of ether oxygens (including phenoxy) is 1. The lowest BCUT2D eigenvalue weighted by atomic mass is 9.97. The lowest BCUT2D eigenvalue weighted by Crippen LogP contribution is -2.33. The molecule has 0 radical (unpaired) electrons. The summed E-state index contributed by atoms with van der Waals surface area (Å²) in [6.45, 7) is 0. The van der Waals surface area contributed by atoms with Crippen LogP contribution in [-0.2, 0) is 0 Å². The fraction of sp³-hybridized carbons (Fsp3) is 0.150. The Balaban J connectivity index is 1.64. The predicted molar refractivity (Wildman–Crippen MR) is 103 cm³/mol. The first-order valence-electron chi connectivity index (χ1n) is 8.31. The van der Waals surface area contributed by atoms with Crippen LogP contribution in [0, 0.1) is 0 Å². The van der Waals surface area contributed by atoms with Gasteiger partial charge in [0.05, 0.1) is 12.3 Å². The molecule has 6 heteroatoms. The number of benzene rings is 2. The molecule has 0 bridgehead atoms. The van der Waals surface area contributed by atoms with Crippen LogP contribution >= 0.6 is 27.5 Å². The van der Waals surface area contributed by atoms with Crippen molar-refractivity contribution in [3.8, 4) is 5.75 Å². The summed E-state index contributed by atoms with van der Waals surface area (Å²) in [7, 11) is 0. The van der Waals surface area contributed by atoms with Gasteiger partial charge in [0.2, 0.25) is 6.23 Å². The molecule has 26 heavy (non-hydrogen) atoms. The van der Waals surface area contributed by atoms with Gasteiger partial charge in [-0.25, -0.2) is 5.01 Å². The molecule has 130 valence electrons. The van der Waals surface area contributed by atoms with Crippen molar-refractivity contribution in [3.63, 3.8) is 0 Å². The zero-order chi connectivity index (χ0) is 17.7. The molecule has 1 aromatic heterocycles. The van der Waals surface area contributed by atoms with Crippen LogP contribution in [0.5, 0.6) is 5.75 Å². The quantitative estimate of drug-likeness (QED) is 0.506. The van der Waals surface area contributed by atoms with Crippen molar-refractivity contribution >= 4 is 33.2 Å². The summed E-state index contributed by atoms with van der Waals surface area (Å²) in [6, 6.07) is 17.7. The molecule has 3 aromatic rings. The number of hydrogen-bond donors (Lipinski definition) is 0. The second kappa shape index (κ2) is 6.18. The van der Waals surface area contributed by atoms with Gasteiger partial charge in [-0.05, 0) is 36.4 Å². The summed E-state index contributed by atoms with van der Waals surface area (Å²) in [5.74, 6) is 1.64. The van der Waals surface area contributed by atoms with Gasteiger partial charge in [-0.15, -0.1) is 0 Å². The zero-order valence-corrected chi connectivity index (χ0v) is 15.9. The van der Waals surface area contributed by atoms with Gasteiger partial charge in [0.15, 0.2) is 0 Å². The Hall–Kier alpha value is -2.24. The maximum atomic E-state index is 6.46. The number of halogens is 2. The first-order valence-corrected chi connectivity index (χ1v) is 9.48. The molecular formula is C20H14BrClN2O2. The van der Waals surface area contributed by atoms with E-state index in [4.69, 9.17) is 25.9 Å². The summed E-state index contributed by atoms with van der Waals surface area (Å²) < 4.78 is 12.9. The van der Waals surface area contributed by atoms with E-state index < -0.39 is 0 Å². The monoisotopic (exact) mass is 428 g/mol. The summed E-state index contributed by atoms with van der Waals surface area (Å²) in [5.41, 5.74) is 2.92. The normalized spacial score (nSPS) is 21.0. The number of nitrogens with zero attached hydrogens (tertiary/aromatic N) is 2. The number of fused-ring (bicyclic) bond motifs is 3. The van der Waals surface area contributed by atoms with E-state index in [-0.39, 0.29) is 12.3 Å². The molecule has 0 N–H and O–H groups in total. The molecule has 4 nitrogen and oxygen atoms in total. The van der Waals surface area contributed by atoms with Crippen LogP contribution in [0.2, 0.25) is 5.02 Å². The molecule has 0 saturated heterocycles. The van der Waals surface area contributed by atoms with E-state index >= 15 is 0 Å². The van der Waals surface area contributed by atoms with Crippen LogP contribution in [0.3, 0.4) is 0 Å². The van der Waals surface area contributed by atoms with Crippen molar-refractivity contribution in [2.24, 2.45) is 5.10 Å². The van der Waals surface area contributed by atoms with Crippen LogP contribution in [0.1, 0.15) is 35.6 Å². The third-order valence-electron chi connectivity index (χ3n) is 4.73. The van der Waals surface area contributed by atoms with Gasteiger partial charge in [0.25, 0.3) is 0 Å². The molecule has 3 heterocycles. The van der Waals surface area contributed by atoms with Gasteiger partial charge in [-0.2, -0.15) is 5.10 Å². The van der Waals surface area contributed by atoms with Crippen molar-refractivity contribution < 1.29 is 9.15 Å². The van der Waals surface area contributed by atoms with Crippen molar-refractivity contribution in [2.75, 3.05) is 0 Å². The number of rotatable bonds is 2. The molecule has 5 rings (SSSR count). The largest absolute Gasteiger partial charge is 0.464 e. The zero-order valence-electron chi connectivity index (χ0n) is 13.6. The minimum Gasteiger partial charge on any atom is -0.464 e. The van der Waals surface area contributed by atoms with Crippen molar-refractivity contribution in [1.82, 2.24) is 5.01 Å². The van der Waals surface area contributed by atoms with Crippen LogP contribution in [0.25, 0.3) is 0 Å². The summed E-state index contributed by atoms with van der Waals surface area (Å²) in [5, 5.41) is 7.50. The molecular weight excluding hydrogens is 416 g/mol. The van der Waals surface area contributed by atoms with Gasteiger partial charge in [0, 0.05) is 27.0 Å².